The number of anilines is 1. The molecule has 3 rings (SSSR count). The minimum absolute atomic E-state index is 0.749. The molecule has 0 amide bonds. The summed E-state index contributed by atoms with van der Waals surface area (Å²) in [5, 5.41) is 3.56. The molecule has 1 atom stereocenters. The van der Waals surface area contributed by atoms with Crippen LogP contribution < -0.4 is 10.2 Å². The highest BCUT2D eigenvalue weighted by atomic mass is 16.5. The SMILES string of the molecule is CN=C(NCc1cccnc1N1CCOCC1)N1CCC(CC(C)C)C1. The first-order valence-electron chi connectivity index (χ1n) is 9.89. The molecule has 1 N–H and O–H groups in total. The summed E-state index contributed by atoms with van der Waals surface area (Å²) in [7, 11) is 1.88. The molecule has 1 unspecified atom stereocenters. The summed E-state index contributed by atoms with van der Waals surface area (Å²) in [5.74, 6) is 3.63. The van der Waals surface area contributed by atoms with Gasteiger partial charge >= 0.3 is 0 Å². The highest BCUT2D eigenvalue weighted by molar-refractivity contribution is 5.80. The largest absolute Gasteiger partial charge is 0.378 e. The van der Waals surface area contributed by atoms with Gasteiger partial charge in [-0.1, -0.05) is 19.9 Å². The van der Waals surface area contributed by atoms with Crippen molar-refractivity contribution in [1.82, 2.24) is 15.2 Å². The minimum atomic E-state index is 0.749. The molecule has 6 heteroatoms. The monoisotopic (exact) mass is 359 g/mol. The van der Waals surface area contributed by atoms with Crippen LogP contribution >= 0.6 is 0 Å². The first kappa shape index (κ1) is 19.0. The van der Waals surface area contributed by atoms with E-state index in [1.807, 2.05) is 19.3 Å². The van der Waals surface area contributed by atoms with Crippen LogP contribution in [0.3, 0.4) is 0 Å². The molecule has 2 aliphatic heterocycles. The average molecular weight is 360 g/mol. The van der Waals surface area contributed by atoms with Crippen LogP contribution in [0.4, 0.5) is 5.82 Å². The molecule has 1 aromatic heterocycles. The number of morpholine rings is 1. The number of likely N-dealkylation sites (tertiary alicyclic amines) is 1. The van der Waals surface area contributed by atoms with Crippen LogP contribution in [0.5, 0.6) is 0 Å². The molecule has 26 heavy (non-hydrogen) atoms. The average Bonchev–Trinajstić information content (AvgIpc) is 3.11. The summed E-state index contributed by atoms with van der Waals surface area (Å²) in [5.41, 5.74) is 1.22. The van der Waals surface area contributed by atoms with E-state index in [1.165, 1.54) is 18.4 Å². The number of ether oxygens (including phenoxy) is 1. The molecule has 2 saturated heterocycles. The van der Waals surface area contributed by atoms with E-state index in [9.17, 15) is 0 Å². The van der Waals surface area contributed by atoms with E-state index in [0.717, 1.165) is 69.6 Å². The normalized spacial score (nSPS) is 21.5. The molecule has 2 aliphatic rings. The first-order valence-corrected chi connectivity index (χ1v) is 9.89. The summed E-state index contributed by atoms with van der Waals surface area (Å²) in [4.78, 5) is 13.9. The number of guanidine groups is 1. The lowest BCUT2D eigenvalue weighted by Gasteiger charge is -2.30. The summed E-state index contributed by atoms with van der Waals surface area (Å²) >= 11 is 0. The Balaban J connectivity index is 1.59. The molecule has 0 spiro atoms. The number of aliphatic imine (C=N–C) groups is 1. The van der Waals surface area contributed by atoms with E-state index >= 15 is 0 Å². The Labute approximate surface area is 157 Å². The second kappa shape index (κ2) is 9.21. The lowest BCUT2D eigenvalue weighted by molar-refractivity contribution is 0.122. The van der Waals surface area contributed by atoms with Crippen LogP contribution in [0.1, 0.15) is 32.3 Å². The number of hydrogen-bond acceptors (Lipinski definition) is 4. The van der Waals surface area contributed by atoms with E-state index < -0.39 is 0 Å². The summed E-state index contributed by atoms with van der Waals surface area (Å²) < 4.78 is 5.47. The quantitative estimate of drug-likeness (QED) is 0.646. The van der Waals surface area contributed by atoms with Crippen LogP contribution in [0, 0.1) is 11.8 Å². The second-order valence-corrected chi connectivity index (χ2v) is 7.72. The summed E-state index contributed by atoms with van der Waals surface area (Å²) in [6, 6.07) is 4.17. The summed E-state index contributed by atoms with van der Waals surface area (Å²) in [6.07, 6.45) is 4.45. The lowest BCUT2D eigenvalue weighted by Crippen LogP contribution is -2.41. The van der Waals surface area contributed by atoms with Crippen molar-refractivity contribution < 1.29 is 4.74 Å². The van der Waals surface area contributed by atoms with Gasteiger partial charge in [0, 0.05) is 51.5 Å². The van der Waals surface area contributed by atoms with Crippen LogP contribution in [0.15, 0.2) is 23.3 Å². The van der Waals surface area contributed by atoms with Crippen molar-refractivity contribution >= 4 is 11.8 Å². The van der Waals surface area contributed by atoms with Gasteiger partial charge in [-0.3, -0.25) is 4.99 Å². The minimum Gasteiger partial charge on any atom is -0.378 e. The van der Waals surface area contributed by atoms with Gasteiger partial charge in [-0.25, -0.2) is 4.98 Å². The van der Waals surface area contributed by atoms with Crippen LogP contribution in [0.2, 0.25) is 0 Å². The van der Waals surface area contributed by atoms with Gasteiger partial charge < -0.3 is 19.9 Å². The van der Waals surface area contributed by atoms with Crippen molar-refractivity contribution in [2.45, 2.75) is 33.2 Å². The third-order valence-corrected chi connectivity index (χ3v) is 5.22. The van der Waals surface area contributed by atoms with Crippen LogP contribution in [0.25, 0.3) is 0 Å². The van der Waals surface area contributed by atoms with Crippen molar-refractivity contribution in [3.05, 3.63) is 23.9 Å². The maximum atomic E-state index is 5.47. The number of rotatable bonds is 5. The Morgan fingerprint density at radius 3 is 2.88 bits per heavy atom. The fourth-order valence-electron chi connectivity index (χ4n) is 4.02. The Kier molecular flexibility index (Phi) is 6.72. The van der Waals surface area contributed by atoms with Crippen LogP contribution in [-0.2, 0) is 11.3 Å². The van der Waals surface area contributed by atoms with Gasteiger partial charge in [0.15, 0.2) is 5.96 Å². The molecule has 0 aliphatic carbocycles. The van der Waals surface area contributed by atoms with E-state index in [0.29, 0.717) is 0 Å². The third-order valence-electron chi connectivity index (χ3n) is 5.22. The van der Waals surface area contributed by atoms with Crippen molar-refractivity contribution in [2.24, 2.45) is 16.8 Å². The zero-order valence-electron chi connectivity index (χ0n) is 16.4. The van der Waals surface area contributed by atoms with E-state index in [1.54, 1.807) is 0 Å². The van der Waals surface area contributed by atoms with Crippen molar-refractivity contribution in [2.75, 3.05) is 51.3 Å². The molecule has 1 aromatic rings. The molecule has 144 valence electrons. The first-order chi connectivity index (χ1) is 12.7. The van der Waals surface area contributed by atoms with Gasteiger partial charge in [-0.15, -0.1) is 0 Å². The van der Waals surface area contributed by atoms with E-state index in [2.05, 4.69) is 45.0 Å². The summed E-state index contributed by atoms with van der Waals surface area (Å²) in [6.45, 7) is 10.9. The Hall–Kier alpha value is -1.82. The van der Waals surface area contributed by atoms with Crippen LogP contribution in [-0.4, -0.2) is 62.3 Å². The van der Waals surface area contributed by atoms with Gasteiger partial charge in [0.05, 0.1) is 13.2 Å². The van der Waals surface area contributed by atoms with E-state index in [-0.39, 0.29) is 0 Å². The highest BCUT2D eigenvalue weighted by Gasteiger charge is 2.25. The molecule has 6 nitrogen and oxygen atoms in total. The van der Waals surface area contributed by atoms with Gasteiger partial charge in [0.25, 0.3) is 0 Å². The standard InChI is InChI=1S/C20H33N5O/c1-16(2)13-17-6-8-25(15-17)20(21-3)23-14-18-5-4-7-22-19(18)24-9-11-26-12-10-24/h4-5,7,16-17H,6,8-15H2,1-3H3,(H,21,23). The maximum Gasteiger partial charge on any atom is 0.193 e. The predicted molar refractivity (Wildman–Crippen MR) is 107 cm³/mol. The van der Waals surface area contributed by atoms with Crippen molar-refractivity contribution in [3.8, 4) is 0 Å². The Bertz CT molecular complexity index is 598. The third kappa shape index (κ3) is 4.87. The van der Waals surface area contributed by atoms with Crippen molar-refractivity contribution in [3.63, 3.8) is 0 Å². The zero-order valence-corrected chi connectivity index (χ0v) is 16.4. The molecule has 0 aromatic carbocycles. The molecule has 0 saturated carbocycles. The number of nitrogens with one attached hydrogen (secondary N) is 1. The van der Waals surface area contributed by atoms with Crippen molar-refractivity contribution in [1.29, 1.82) is 0 Å². The predicted octanol–water partition coefficient (Wildman–Crippen LogP) is 2.36. The number of nitrogens with zero attached hydrogens (tertiary/aromatic N) is 4. The van der Waals surface area contributed by atoms with Gasteiger partial charge in [-0.05, 0) is 30.7 Å². The molecule has 0 bridgehead atoms. The smallest absolute Gasteiger partial charge is 0.193 e. The molecule has 0 radical (unpaired) electrons. The number of pyridine rings is 1. The fraction of sp³-hybridized carbons (Fsp3) is 0.700. The Morgan fingerprint density at radius 1 is 1.35 bits per heavy atom. The van der Waals surface area contributed by atoms with Gasteiger partial charge in [0.2, 0.25) is 0 Å². The topological polar surface area (TPSA) is 53.0 Å². The molecular weight excluding hydrogens is 326 g/mol. The fourth-order valence-corrected chi connectivity index (χ4v) is 4.02. The number of hydrogen-bond donors (Lipinski definition) is 1. The molecular formula is C20H33N5O. The number of aromatic nitrogens is 1. The molecule has 3 heterocycles. The second-order valence-electron chi connectivity index (χ2n) is 7.72. The molecule has 2 fully saturated rings. The Morgan fingerprint density at radius 2 is 2.15 bits per heavy atom. The lowest BCUT2D eigenvalue weighted by atomic mass is 9.97. The van der Waals surface area contributed by atoms with E-state index in [4.69, 9.17) is 4.74 Å². The zero-order chi connectivity index (χ0) is 18.4. The van der Waals surface area contributed by atoms with Gasteiger partial charge in [-0.2, -0.15) is 0 Å². The van der Waals surface area contributed by atoms with Gasteiger partial charge in [0.1, 0.15) is 5.82 Å². The maximum absolute atomic E-state index is 5.47. The highest BCUT2D eigenvalue weighted by Crippen LogP contribution is 2.23.